The van der Waals surface area contributed by atoms with Crippen LogP contribution in [0.15, 0.2) is 18.2 Å². The topological polar surface area (TPSA) is 75.6 Å². The van der Waals surface area contributed by atoms with E-state index in [2.05, 4.69) is 5.32 Å². The minimum absolute atomic E-state index is 0.114. The van der Waals surface area contributed by atoms with Crippen LogP contribution in [0, 0.1) is 5.82 Å². The van der Waals surface area contributed by atoms with E-state index in [0.717, 1.165) is 6.07 Å². The van der Waals surface area contributed by atoms with Gasteiger partial charge in [-0.2, -0.15) is 0 Å². The van der Waals surface area contributed by atoms with E-state index in [-0.39, 0.29) is 17.2 Å². The maximum absolute atomic E-state index is 13.5. The molecule has 0 aromatic heterocycles. The molecular formula is C11H10FNO4. The fourth-order valence-electron chi connectivity index (χ4n) is 1.57. The first kappa shape index (κ1) is 11.4. The molecule has 6 heteroatoms. The van der Waals surface area contributed by atoms with Crippen LogP contribution in [0.1, 0.15) is 16.8 Å². The zero-order chi connectivity index (χ0) is 12.4. The molecule has 0 saturated carbocycles. The number of hydrogen-bond acceptors (Lipinski definition) is 3. The maximum atomic E-state index is 13.5. The molecule has 1 fully saturated rings. The van der Waals surface area contributed by atoms with Crippen LogP contribution in [0.2, 0.25) is 0 Å². The first-order valence-corrected chi connectivity index (χ1v) is 5.05. The SMILES string of the molecule is O=C(O)c1ccc(OC2CCNC2=O)c(F)c1. The van der Waals surface area contributed by atoms with Crippen molar-refractivity contribution in [3.63, 3.8) is 0 Å². The number of nitrogens with one attached hydrogen (secondary N) is 1. The number of aromatic carboxylic acids is 1. The molecule has 2 N–H and O–H groups in total. The largest absolute Gasteiger partial charge is 0.478 e. The summed E-state index contributed by atoms with van der Waals surface area (Å²) < 4.78 is 18.6. The average molecular weight is 239 g/mol. The van der Waals surface area contributed by atoms with Gasteiger partial charge in [-0.1, -0.05) is 0 Å². The monoisotopic (exact) mass is 239 g/mol. The van der Waals surface area contributed by atoms with E-state index < -0.39 is 17.9 Å². The molecular weight excluding hydrogens is 229 g/mol. The minimum Gasteiger partial charge on any atom is -0.478 e. The van der Waals surface area contributed by atoms with Gasteiger partial charge in [0.05, 0.1) is 5.56 Å². The van der Waals surface area contributed by atoms with Crippen LogP contribution in [0.3, 0.4) is 0 Å². The molecule has 1 atom stereocenters. The Balaban J connectivity index is 2.16. The van der Waals surface area contributed by atoms with Gasteiger partial charge in [0.1, 0.15) is 0 Å². The van der Waals surface area contributed by atoms with E-state index in [1.165, 1.54) is 12.1 Å². The van der Waals surface area contributed by atoms with E-state index in [9.17, 15) is 14.0 Å². The molecule has 1 heterocycles. The van der Waals surface area contributed by atoms with Crippen molar-refractivity contribution < 1.29 is 23.8 Å². The first-order valence-electron chi connectivity index (χ1n) is 5.05. The normalized spacial score (nSPS) is 18.9. The van der Waals surface area contributed by atoms with E-state index in [4.69, 9.17) is 9.84 Å². The third-order valence-electron chi connectivity index (χ3n) is 2.45. The maximum Gasteiger partial charge on any atom is 0.335 e. The van der Waals surface area contributed by atoms with Gasteiger partial charge in [0.2, 0.25) is 0 Å². The number of carbonyl (C=O) groups excluding carboxylic acids is 1. The van der Waals surface area contributed by atoms with Crippen molar-refractivity contribution >= 4 is 11.9 Å². The molecule has 17 heavy (non-hydrogen) atoms. The highest BCUT2D eigenvalue weighted by Gasteiger charge is 2.26. The fourth-order valence-corrected chi connectivity index (χ4v) is 1.57. The van der Waals surface area contributed by atoms with E-state index in [1.54, 1.807) is 0 Å². The lowest BCUT2D eigenvalue weighted by Gasteiger charge is -2.11. The molecule has 2 rings (SSSR count). The standard InChI is InChI=1S/C11H10FNO4/c12-7-5-6(11(15)16)1-2-8(7)17-9-3-4-13-10(9)14/h1-2,5,9H,3-4H2,(H,13,14)(H,15,16). The number of halogens is 1. The van der Waals surface area contributed by atoms with E-state index in [0.29, 0.717) is 13.0 Å². The molecule has 0 bridgehead atoms. The Kier molecular flexibility index (Phi) is 2.95. The summed E-state index contributed by atoms with van der Waals surface area (Å²) in [5, 5.41) is 11.2. The zero-order valence-corrected chi connectivity index (χ0v) is 8.77. The van der Waals surface area contributed by atoms with E-state index in [1.807, 2.05) is 0 Å². The van der Waals surface area contributed by atoms with Crippen LogP contribution in [-0.4, -0.2) is 29.6 Å². The Morgan fingerprint density at radius 3 is 2.82 bits per heavy atom. The summed E-state index contributed by atoms with van der Waals surface area (Å²) in [6, 6.07) is 3.31. The van der Waals surface area contributed by atoms with Crippen LogP contribution in [-0.2, 0) is 4.79 Å². The second-order valence-electron chi connectivity index (χ2n) is 3.64. The van der Waals surface area contributed by atoms with Crippen molar-refractivity contribution in [2.24, 2.45) is 0 Å². The Bertz CT molecular complexity index is 475. The number of carboxylic acids is 1. The second kappa shape index (κ2) is 4.40. The molecule has 1 aromatic carbocycles. The summed E-state index contributed by atoms with van der Waals surface area (Å²) in [4.78, 5) is 21.8. The highest BCUT2D eigenvalue weighted by molar-refractivity contribution is 5.87. The van der Waals surface area contributed by atoms with Crippen molar-refractivity contribution in [2.75, 3.05) is 6.54 Å². The third-order valence-corrected chi connectivity index (χ3v) is 2.45. The fraction of sp³-hybridized carbons (Fsp3) is 0.273. The number of carbonyl (C=O) groups is 2. The number of amides is 1. The van der Waals surface area contributed by atoms with Gasteiger partial charge in [-0.3, -0.25) is 4.79 Å². The first-order chi connectivity index (χ1) is 8.08. The molecule has 1 saturated heterocycles. The van der Waals surface area contributed by atoms with Gasteiger partial charge >= 0.3 is 5.97 Å². The average Bonchev–Trinajstić information content (AvgIpc) is 2.67. The van der Waals surface area contributed by atoms with Crippen LogP contribution < -0.4 is 10.1 Å². The lowest BCUT2D eigenvalue weighted by Crippen LogP contribution is -2.27. The molecule has 5 nitrogen and oxygen atoms in total. The van der Waals surface area contributed by atoms with Crippen molar-refractivity contribution in [2.45, 2.75) is 12.5 Å². The van der Waals surface area contributed by atoms with Crippen molar-refractivity contribution in [3.8, 4) is 5.75 Å². The predicted octanol–water partition coefficient (Wildman–Crippen LogP) is 0.791. The Morgan fingerprint density at radius 2 is 2.29 bits per heavy atom. The molecule has 0 aliphatic carbocycles. The number of ether oxygens (including phenoxy) is 1. The summed E-state index contributed by atoms with van der Waals surface area (Å²) in [6.45, 7) is 0.498. The molecule has 90 valence electrons. The Hall–Kier alpha value is -2.11. The molecule has 0 radical (unpaired) electrons. The molecule has 0 spiro atoms. The van der Waals surface area contributed by atoms with Crippen LogP contribution in [0.4, 0.5) is 4.39 Å². The van der Waals surface area contributed by atoms with Gasteiger partial charge in [0, 0.05) is 13.0 Å². The Morgan fingerprint density at radius 1 is 1.53 bits per heavy atom. The summed E-state index contributed by atoms with van der Waals surface area (Å²) in [5.41, 5.74) is -0.161. The quantitative estimate of drug-likeness (QED) is 0.817. The Labute approximate surface area is 96.2 Å². The number of rotatable bonds is 3. The van der Waals surface area contributed by atoms with Crippen LogP contribution >= 0.6 is 0 Å². The smallest absolute Gasteiger partial charge is 0.335 e. The summed E-state index contributed by atoms with van der Waals surface area (Å²) in [7, 11) is 0. The highest BCUT2D eigenvalue weighted by Crippen LogP contribution is 2.21. The van der Waals surface area contributed by atoms with Gasteiger partial charge in [-0.15, -0.1) is 0 Å². The molecule has 1 amide bonds. The van der Waals surface area contributed by atoms with Gasteiger partial charge < -0.3 is 15.2 Å². The predicted molar refractivity (Wildman–Crippen MR) is 55.4 cm³/mol. The molecule has 1 aromatic rings. The van der Waals surface area contributed by atoms with Gasteiger partial charge in [0.25, 0.3) is 5.91 Å². The molecule has 1 aliphatic heterocycles. The second-order valence-corrected chi connectivity index (χ2v) is 3.64. The highest BCUT2D eigenvalue weighted by atomic mass is 19.1. The third kappa shape index (κ3) is 2.35. The number of benzene rings is 1. The zero-order valence-electron chi connectivity index (χ0n) is 8.77. The molecule has 1 aliphatic rings. The number of carboxylic acid groups (broad SMARTS) is 1. The van der Waals surface area contributed by atoms with Crippen molar-refractivity contribution in [3.05, 3.63) is 29.6 Å². The summed E-state index contributed by atoms with van der Waals surface area (Å²) in [6.07, 6.45) is -0.237. The van der Waals surface area contributed by atoms with Gasteiger partial charge in [-0.25, -0.2) is 9.18 Å². The molecule has 1 unspecified atom stereocenters. The van der Waals surface area contributed by atoms with Crippen LogP contribution in [0.25, 0.3) is 0 Å². The summed E-state index contributed by atoms with van der Waals surface area (Å²) >= 11 is 0. The van der Waals surface area contributed by atoms with Gasteiger partial charge in [0.15, 0.2) is 17.7 Å². The minimum atomic E-state index is -1.21. The van der Waals surface area contributed by atoms with Crippen LogP contribution in [0.5, 0.6) is 5.75 Å². The van der Waals surface area contributed by atoms with E-state index >= 15 is 0 Å². The number of hydrogen-bond donors (Lipinski definition) is 2. The van der Waals surface area contributed by atoms with Crippen molar-refractivity contribution in [1.29, 1.82) is 0 Å². The summed E-state index contributed by atoms with van der Waals surface area (Å²) in [5.74, 6) is -2.40. The lowest BCUT2D eigenvalue weighted by atomic mass is 10.2. The van der Waals surface area contributed by atoms with Crippen molar-refractivity contribution in [1.82, 2.24) is 5.32 Å². The van der Waals surface area contributed by atoms with Gasteiger partial charge in [-0.05, 0) is 18.2 Å². The lowest BCUT2D eigenvalue weighted by molar-refractivity contribution is -0.125.